The Morgan fingerprint density at radius 1 is 1.35 bits per heavy atom. The molecular formula is C15H10ClFN2O. The molecule has 0 aliphatic rings. The van der Waals surface area contributed by atoms with E-state index in [0.717, 1.165) is 11.6 Å². The summed E-state index contributed by atoms with van der Waals surface area (Å²) in [4.78, 5) is 12.1. The van der Waals surface area contributed by atoms with Crippen LogP contribution in [0.1, 0.15) is 21.5 Å². The third-order valence-corrected chi connectivity index (χ3v) is 3.29. The third kappa shape index (κ3) is 2.79. The average Bonchev–Trinajstić information content (AvgIpc) is 2.43. The van der Waals surface area contributed by atoms with Gasteiger partial charge in [0.05, 0.1) is 21.8 Å². The largest absolute Gasteiger partial charge is 0.321 e. The highest BCUT2D eigenvalue weighted by molar-refractivity contribution is 6.35. The van der Waals surface area contributed by atoms with Gasteiger partial charge in [-0.2, -0.15) is 5.26 Å². The molecule has 0 heterocycles. The summed E-state index contributed by atoms with van der Waals surface area (Å²) < 4.78 is 13.0. The Balaban J connectivity index is 2.33. The fourth-order valence-electron chi connectivity index (χ4n) is 1.73. The van der Waals surface area contributed by atoms with Crippen LogP contribution in [0.2, 0.25) is 5.02 Å². The first-order valence-electron chi connectivity index (χ1n) is 5.79. The second kappa shape index (κ2) is 5.72. The van der Waals surface area contributed by atoms with E-state index in [0.29, 0.717) is 10.6 Å². The Morgan fingerprint density at radius 2 is 2.10 bits per heavy atom. The van der Waals surface area contributed by atoms with Gasteiger partial charge in [-0.05, 0) is 36.8 Å². The van der Waals surface area contributed by atoms with E-state index < -0.39 is 11.7 Å². The zero-order valence-corrected chi connectivity index (χ0v) is 11.3. The first-order valence-corrected chi connectivity index (χ1v) is 6.17. The van der Waals surface area contributed by atoms with Crippen molar-refractivity contribution in [3.8, 4) is 6.07 Å². The van der Waals surface area contributed by atoms with E-state index in [-0.39, 0.29) is 11.3 Å². The minimum absolute atomic E-state index is 0.0575. The third-order valence-electron chi connectivity index (χ3n) is 2.79. The van der Waals surface area contributed by atoms with Crippen LogP contribution in [0.25, 0.3) is 0 Å². The highest BCUT2D eigenvalue weighted by Crippen LogP contribution is 2.23. The predicted molar refractivity (Wildman–Crippen MR) is 75.3 cm³/mol. The summed E-state index contributed by atoms with van der Waals surface area (Å²) in [6, 6.07) is 10.5. The van der Waals surface area contributed by atoms with Crippen molar-refractivity contribution in [3.63, 3.8) is 0 Å². The molecular weight excluding hydrogens is 279 g/mol. The van der Waals surface area contributed by atoms with Gasteiger partial charge in [0.25, 0.3) is 5.91 Å². The molecule has 5 heteroatoms. The van der Waals surface area contributed by atoms with Crippen LogP contribution >= 0.6 is 11.6 Å². The van der Waals surface area contributed by atoms with Crippen LogP contribution < -0.4 is 5.32 Å². The molecule has 0 unspecified atom stereocenters. The molecule has 0 aliphatic carbocycles. The van der Waals surface area contributed by atoms with Crippen molar-refractivity contribution in [3.05, 3.63) is 63.9 Å². The molecule has 20 heavy (non-hydrogen) atoms. The molecule has 0 spiro atoms. The van der Waals surface area contributed by atoms with Crippen LogP contribution in [-0.4, -0.2) is 5.91 Å². The summed E-state index contributed by atoms with van der Waals surface area (Å²) in [5, 5.41) is 11.8. The molecule has 0 bridgehead atoms. The number of nitriles is 1. The number of nitrogens with zero attached hydrogens (tertiary/aromatic N) is 1. The van der Waals surface area contributed by atoms with Gasteiger partial charge in [0.2, 0.25) is 0 Å². The van der Waals surface area contributed by atoms with E-state index >= 15 is 0 Å². The highest BCUT2D eigenvalue weighted by atomic mass is 35.5. The predicted octanol–water partition coefficient (Wildman–Crippen LogP) is 3.91. The van der Waals surface area contributed by atoms with Crippen LogP contribution in [0.5, 0.6) is 0 Å². The summed E-state index contributed by atoms with van der Waals surface area (Å²) >= 11 is 6.07. The summed E-state index contributed by atoms with van der Waals surface area (Å²) in [7, 11) is 0. The molecule has 0 aromatic heterocycles. The highest BCUT2D eigenvalue weighted by Gasteiger charge is 2.13. The lowest BCUT2D eigenvalue weighted by Gasteiger charge is -2.09. The Labute approximate surface area is 120 Å². The van der Waals surface area contributed by atoms with Crippen LogP contribution in [-0.2, 0) is 0 Å². The zero-order valence-electron chi connectivity index (χ0n) is 10.6. The van der Waals surface area contributed by atoms with Gasteiger partial charge < -0.3 is 5.32 Å². The van der Waals surface area contributed by atoms with Crippen molar-refractivity contribution >= 4 is 23.2 Å². The minimum Gasteiger partial charge on any atom is -0.321 e. The number of nitrogens with one attached hydrogen (secondary N) is 1. The Bertz CT molecular complexity index is 722. The number of amides is 1. The smallest absolute Gasteiger partial charge is 0.257 e. The van der Waals surface area contributed by atoms with E-state index in [1.165, 1.54) is 12.1 Å². The number of benzene rings is 2. The zero-order chi connectivity index (χ0) is 14.7. The molecule has 2 aromatic carbocycles. The van der Waals surface area contributed by atoms with Crippen LogP contribution in [0, 0.1) is 24.1 Å². The molecule has 0 atom stereocenters. The molecule has 100 valence electrons. The molecule has 3 nitrogen and oxygen atoms in total. The molecule has 1 amide bonds. The van der Waals surface area contributed by atoms with E-state index in [2.05, 4.69) is 5.32 Å². The molecule has 2 aromatic rings. The number of rotatable bonds is 2. The fraction of sp³-hybridized carbons (Fsp3) is 0.0667. The van der Waals surface area contributed by atoms with Crippen molar-refractivity contribution in [2.75, 3.05) is 5.32 Å². The van der Waals surface area contributed by atoms with E-state index in [4.69, 9.17) is 16.9 Å². The summed E-state index contributed by atoms with van der Waals surface area (Å²) in [6.45, 7) is 1.79. The summed E-state index contributed by atoms with van der Waals surface area (Å²) in [6.07, 6.45) is 0. The number of hydrogen-bond acceptors (Lipinski definition) is 2. The number of hydrogen-bond donors (Lipinski definition) is 1. The maximum atomic E-state index is 13.0. The van der Waals surface area contributed by atoms with Crippen molar-refractivity contribution in [1.29, 1.82) is 5.26 Å². The second-order valence-electron chi connectivity index (χ2n) is 4.19. The maximum Gasteiger partial charge on any atom is 0.257 e. The van der Waals surface area contributed by atoms with Crippen LogP contribution in [0.4, 0.5) is 10.1 Å². The van der Waals surface area contributed by atoms with E-state index in [9.17, 15) is 9.18 Å². The number of anilines is 1. The molecule has 1 N–H and O–H groups in total. The number of halogens is 2. The lowest BCUT2D eigenvalue weighted by Crippen LogP contribution is -2.13. The van der Waals surface area contributed by atoms with Crippen molar-refractivity contribution < 1.29 is 9.18 Å². The van der Waals surface area contributed by atoms with Crippen molar-refractivity contribution in [1.82, 2.24) is 0 Å². The van der Waals surface area contributed by atoms with Crippen LogP contribution in [0.3, 0.4) is 0 Å². The SMILES string of the molecule is Cc1cccc(C(=O)Nc2ccc(F)cc2C#N)c1Cl. The van der Waals surface area contributed by atoms with Gasteiger partial charge in [-0.15, -0.1) is 0 Å². The van der Waals surface area contributed by atoms with Gasteiger partial charge in [-0.3, -0.25) is 4.79 Å². The van der Waals surface area contributed by atoms with Gasteiger partial charge in [-0.25, -0.2) is 4.39 Å². The fourth-order valence-corrected chi connectivity index (χ4v) is 1.94. The monoisotopic (exact) mass is 288 g/mol. The van der Waals surface area contributed by atoms with Crippen molar-refractivity contribution in [2.24, 2.45) is 0 Å². The van der Waals surface area contributed by atoms with E-state index in [1.807, 2.05) is 6.07 Å². The second-order valence-corrected chi connectivity index (χ2v) is 4.57. The quantitative estimate of drug-likeness (QED) is 0.911. The van der Waals surface area contributed by atoms with Crippen molar-refractivity contribution in [2.45, 2.75) is 6.92 Å². The molecule has 2 rings (SSSR count). The maximum absolute atomic E-state index is 13.0. The number of aryl methyl sites for hydroxylation is 1. The lowest BCUT2D eigenvalue weighted by molar-refractivity contribution is 0.102. The molecule has 0 aliphatic heterocycles. The van der Waals surface area contributed by atoms with Gasteiger partial charge in [-0.1, -0.05) is 23.7 Å². The number of carbonyl (C=O) groups excluding carboxylic acids is 1. The topological polar surface area (TPSA) is 52.9 Å². The number of carbonyl (C=O) groups is 1. The van der Waals surface area contributed by atoms with Gasteiger partial charge in [0, 0.05) is 0 Å². The first kappa shape index (κ1) is 14.0. The minimum atomic E-state index is -0.534. The molecule has 0 radical (unpaired) electrons. The molecule has 0 saturated heterocycles. The molecule has 0 saturated carbocycles. The normalized spacial score (nSPS) is 9.90. The molecule has 0 fully saturated rings. The van der Waals surface area contributed by atoms with Crippen LogP contribution in [0.15, 0.2) is 36.4 Å². The Hall–Kier alpha value is -2.38. The van der Waals surface area contributed by atoms with Gasteiger partial charge >= 0.3 is 0 Å². The Kier molecular flexibility index (Phi) is 4.02. The lowest BCUT2D eigenvalue weighted by atomic mass is 10.1. The van der Waals surface area contributed by atoms with Gasteiger partial charge in [0.1, 0.15) is 11.9 Å². The average molecular weight is 289 g/mol. The standard InChI is InChI=1S/C15H10ClFN2O/c1-9-3-2-4-12(14(9)16)15(20)19-13-6-5-11(17)7-10(13)8-18/h2-7H,1H3,(H,19,20). The van der Waals surface area contributed by atoms with E-state index in [1.54, 1.807) is 25.1 Å². The first-order chi connectivity index (χ1) is 9.52. The summed E-state index contributed by atoms with van der Waals surface area (Å²) in [5.41, 5.74) is 1.39. The Morgan fingerprint density at radius 3 is 2.80 bits per heavy atom. The van der Waals surface area contributed by atoms with Gasteiger partial charge in [0.15, 0.2) is 0 Å². The summed E-state index contributed by atoms with van der Waals surface area (Å²) in [5.74, 6) is -0.977.